The average molecular weight is 362 g/mol. The van der Waals surface area contributed by atoms with E-state index >= 15 is 0 Å². The van der Waals surface area contributed by atoms with E-state index in [4.69, 9.17) is 19.4 Å². The number of aromatic carboxylic acids is 1. The van der Waals surface area contributed by atoms with Crippen molar-refractivity contribution in [3.63, 3.8) is 0 Å². The van der Waals surface area contributed by atoms with Crippen LogP contribution in [0.3, 0.4) is 0 Å². The molecular formula is C13H9F3N2O7. The highest BCUT2D eigenvalue weighted by Gasteiger charge is 2.38. The Hall–Kier alpha value is -3.44. The predicted molar refractivity (Wildman–Crippen MR) is 71.7 cm³/mol. The summed E-state index contributed by atoms with van der Waals surface area (Å²) in [7, 11) is 1.18. The van der Waals surface area contributed by atoms with Crippen molar-refractivity contribution in [1.29, 1.82) is 0 Å². The zero-order valence-electron chi connectivity index (χ0n) is 12.3. The first kappa shape index (κ1) is 19.6. The van der Waals surface area contributed by atoms with E-state index < -0.39 is 24.1 Å². The zero-order valence-corrected chi connectivity index (χ0v) is 12.3. The van der Waals surface area contributed by atoms with Crippen LogP contribution >= 0.6 is 0 Å². The molecule has 134 valence electrons. The third-order valence-electron chi connectivity index (χ3n) is 2.36. The van der Waals surface area contributed by atoms with Gasteiger partial charge in [0.05, 0.1) is 18.9 Å². The number of aromatic nitrogens is 2. The number of alkyl halides is 3. The number of carbonyl (C=O) groups is 3. The summed E-state index contributed by atoms with van der Waals surface area (Å²) in [5.41, 5.74) is -0.0653. The maximum atomic E-state index is 11.4. The highest BCUT2D eigenvalue weighted by atomic mass is 19.4. The van der Waals surface area contributed by atoms with Crippen molar-refractivity contribution in [1.82, 2.24) is 9.97 Å². The van der Waals surface area contributed by atoms with Gasteiger partial charge in [-0.1, -0.05) is 0 Å². The molecule has 9 nitrogen and oxygen atoms in total. The van der Waals surface area contributed by atoms with Crippen LogP contribution in [0, 0.1) is 0 Å². The molecule has 0 aliphatic carbocycles. The largest absolute Gasteiger partial charge is 0.490 e. The smallest absolute Gasteiger partial charge is 0.478 e. The SMILES string of the molecule is COC(=O)c1cc(C(=O)O)cc(-c2ncco2)n1.O=C(O)C(F)(F)F. The van der Waals surface area contributed by atoms with Crippen LogP contribution in [0.15, 0.2) is 29.0 Å². The molecule has 0 atom stereocenters. The Morgan fingerprint density at radius 1 is 1.20 bits per heavy atom. The number of rotatable bonds is 3. The highest BCUT2D eigenvalue weighted by molar-refractivity contribution is 5.94. The van der Waals surface area contributed by atoms with Gasteiger partial charge in [-0.2, -0.15) is 13.2 Å². The van der Waals surface area contributed by atoms with Crippen LogP contribution in [0.4, 0.5) is 13.2 Å². The first-order valence-electron chi connectivity index (χ1n) is 6.10. The van der Waals surface area contributed by atoms with Crippen molar-refractivity contribution in [3.8, 4) is 11.6 Å². The number of hydrogen-bond acceptors (Lipinski definition) is 7. The lowest BCUT2D eigenvalue weighted by Gasteiger charge is -2.03. The topological polar surface area (TPSA) is 140 Å². The number of halogens is 3. The summed E-state index contributed by atoms with van der Waals surface area (Å²) >= 11 is 0. The number of carboxylic acids is 2. The van der Waals surface area contributed by atoms with Crippen molar-refractivity contribution >= 4 is 17.9 Å². The lowest BCUT2D eigenvalue weighted by Crippen LogP contribution is -2.21. The van der Waals surface area contributed by atoms with Crippen LogP contribution in [0.25, 0.3) is 11.6 Å². The molecule has 25 heavy (non-hydrogen) atoms. The molecule has 0 spiro atoms. The van der Waals surface area contributed by atoms with Crippen molar-refractivity contribution in [2.45, 2.75) is 6.18 Å². The lowest BCUT2D eigenvalue weighted by molar-refractivity contribution is -0.192. The number of methoxy groups -OCH3 is 1. The van der Waals surface area contributed by atoms with Crippen LogP contribution in [0.2, 0.25) is 0 Å². The molecule has 0 aliphatic heterocycles. The predicted octanol–water partition coefficient (Wildman–Crippen LogP) is 1.85. The van der Waals surface area contributed by atoms with Crippen LogP contribution in [-0.2, 0) is 9.53 Å². The van der Waals surface area contributed by atoms with Gasteiger partial charge in [0.15, 0.2) is 0 Å². The normalized spacial score (nSPS) is 10.4. The van der Waals surface area contributed by atoms with Crippen molar-refractivity contribution in [2.24, 2.45) is 0 Å². The van der Waals surface area contributed by atoms with Gasteiger partial charge in [0.25, 0.3) is 0 Å². The Morgan fingerprint density at radius 3 is 2.20 bits per heavy atom. The quantitative estimate of drug-likeness (QED) is 0.783. The summed E-state index contributed by atoms with van der Waals surface area (Å²) in [4.78, 5) is 39.0. The minimum atomic E-state index is -5.08. The lowest BCUT2D eigenvalue weighted by atomic mass is 10.2. The molecule has 12 heteroatoms. The molecule has 2 N–H and O–H groups in total. The maximum Gasteiger partial charge on any atom is 0.490 e. The molecule has 0 aliphatic rings. The molecule has 0 fully saturated rings. The summed E-state index contributed by atoms with van der Waals surface area (Å²) < 4.78 is 41.2. The fourth-order valence-electron chi connectivity index (χ4n) is 1.32. The van der Waals surface area contributed by atoms with Crippen LogP contribution in [0.1, 0.15) is 20.8 Å². The Bertz CT molecular complexity index is 772. The Labute approximate surface area is 136 Å². The molecule has 2 aromatic heterocycles. The van der Waals surface area contributed by atoms with Gasteiger partial charge in [0, 0.05) is 0 Å². The number of pyridine rings is 1. The van der Waals surface area contributed by atoms with Crippen LogP contribution in [-0.4, -0.2) is 51.4 Å². The molecule has 2 aromatic rings. The molecule has 0 saturated heterocycles. The Balaban J connectivity index is 0.000000381. The van der Waals surface area contributed by atoms with E-state index in [1.54, 1.807) is 0 Å². The van der Waals surface area contributed by atoms with E-state index in [0.717, 1.165) is 6.07 Å². The van der Waals surface area contributed by atoms with E-state index in [2.05, 4.69) is 14.7 Å². The molecule has 2 heterocycles. The van der Waals surface area contributed by atoms with Gasteiger partial charge in [-0.3, -0.25) is 0 Å². The van der Waals surface area contributed by atoms with E-state index in [0.29, 0.717) is 0 Å². The second-order valence-corrected chi connectivity index (χ2v) is 4.06. The van der Waals surface area contributed by atoms with Crippen LogP contribution in [0.5, 0.6) is 0 Å². The van der Waals surface area contributed by atoms with Crippen molar-refractivity contribution in [3.05, 3.63) is 35.9 Å². The number of nitrogens with zero attached hydrogens (tertiary/aromatic N) is 2. The zero-order chi connectivity index (χ0) is 19.2. The molecule has 0 radical (unpaired) electrons. The van der Waals surface area contributed by atoms with E-state index in [1.807, 2.05) is 0 Å². The number of carboxylic acid groups (broad SMARTS) is 2. The molecule has 0 unspecified atom stereocenters. The maximum absolute atomic E-state index is 11.4. The van der Waals surface area contributed by atoms with Gasteiger partial charge in [0.2, 0.25) is 5.89 Å². The summed E-state index contributed by atoms with van der Waals surface area (Å²) in [6, 6.07) is 2.39. The second-order valence-electron chi connectivity index (χ2n) is 4.06. The highest BCUT2D eigenvalue weighted by Crippen LogP contribution is 2.18. The standard InChI is InChI=1S/C11H8N2O5.C2HF3O2/c1-17-11(16)8-5-6(10(14)15)4-7(13-8)9-12-2-3-18-9;3-2(4,5)1(6)7/h2-5H,1H3,(H,14,15);(H,6,7). The number of hydrogen-bond donors (Lipinski definition) is 2. The van der Waals surface area contributed by atoms with Gasteiger partial charge in [-0.25, -0.2) is 24.4 Å². The molecule has 2 rings (SSSR count). The monoisotopic (exact) mass is 362 g/mol. The van der Waals surface area contributed by atoms with E-state index in [9.17, 15) is 22.8 Å². The Kier molecular flexibility index (Phi) is 6.19. The fourth-order valence-corrected chi connectivity index (χ4v) is 1.32. The third kappa shape index (κ3) is 5.60. The van der Waals surface area contributed by atoms with Gasteiger partial charge in [-0.15, -0.1) is 0 Å². The van der Waals surface area contributed by atoms with Gasteiger partial charge in [0.1, 0.15) is 17.7 Å². The van der Waals surface area contributed by atoms with Crippen LogP contribution < -0.4 is 0 Å². The summed E-state index contributed by atoms with van der Waals surface area (Å²) in [5, 5.41) is 16.1. The first-order valence-corrected chi connectivity index (χ1v) is 6.10. The number of carbonyl (C=O) groups excluding carboxylic acids is 1. The fraction of sp³-hybridized carbons (Fsp3) is 0.154. The number of aliphatic carboxylic acids is 1. The minimum Gasteiger partial charge on any atom is -0.478 e. The second kappa shape index (κ2) is 7.90. The summed E-state index contributed by atoms with van der Waals surface area (Å²) in [6.07, 6.45) is -2.37. The molecule has 0 aromatic carbocycles. The molecule has 0 saturated carbocycles. The number of ether oxygens (including phenoxy) is 1. The van der Waals surface area contributed by atoms with Crippen molar-refractivity contribution in [2.75, 3.05) is 7.11 Å². The van der Waals surface area contributed by atoms with Gasteiger partial charge >= 0.3 is 24.1 Å². The number of oxazole rings is 1. The van der Waals surface area contributed by atoms with Gasteiger partial charge < -0.3 is 19.4 Å². The summed E-state index contributed by atoms with van der Waals surface area (Å²) in [6.45, 7) is 0. The minimum absolute atomic E-state index is 0.0985. The summed E-state index contributed by atoms with van der Waals surface area (Å²) in [5.74, 6) is -4.54. The molecular weight excluding hydrogens is 353 g/mol. The van der Waals surface area contributed by atoms with E-state index in [-0.39, 0.29) is 22.8 Å². The van der Waals surface area contributed by atoms with E-state index in [1.165, 1.54) is 25.6 Å². The molecule has 0 bridgehead atoms. The Morgan fingerprint density at radius 2 is 1.80 bits per heavy atom. The molecule has 0 amide bonds. The third-order valence-corrected chi connectivity index (χ3v) is 2.36. The average Bonchev–Trinajstić information content (AvgIpc) is 3.07. The van der Waals surface area contributed by atoms with Gasteiger partial charge in [-0.05, 0) is 12.1 Å². The first-order chi connectivity index (χ1) is 11.6. The number of esters is 1. The van der Waals surface area contributed by atoms with Crippen molar-refractivity contribution < 1.29 is 46.9 Å².